The maximum atomic E-state index is 13.6. The maximum Gasteiger partial charge on any atom is 0.263 e. The van der Waals surface area contributed by atoms with Crippen LogP contribution in [0.1, 0.15) is 10.4 Å². The van der Waals surface area contributed by atoms with E-state index < -0.39 is 34.8 Å². The minimum Gasteiger partial charge on any atom is -0.480 e. The number of nitrogens with zero attached hydrogens (tertiary/aromatic N) is 1. The first-order valence-corrected chi connectivity index (χ1v) is 6.34. The first-order chi connectivity index (χ1) is 11.0. The average Bonchev–Trinajstić information content (AvgIpc) is 2.52. The van der Waals surface area contributed by atoms with Crippen molar-refractivity contribution < 1.29 is 27.5 Å². The van der Waals surface area contributed by atoms with Crippen LogP contribution in [0.3, 0.4) is 0 Å². The van der Waals surface area contributed by atoms with Gasteiger partial charge in [-0.05, 0) is 24.3 Å². The van der Waals surface area contributed by atoms with Gasteiger partial charge in [0.15, 0.2) is 35.6 Å². The highest BCUT2D eigenvalue weighted by Crippen LogP contribution is 2.27. The Morgan fingerprint density at radius 2 is 1.96 bits per heavy atom. The van der Waals surface area contributed by atoms with Crippen molar-refractivity contribution in [2.75, 3.05) is 17.2 Å². The number of benzene rings is 1. The number of fused-ring (bicyclic) bond motifs is 1. The van der Waals surface area contributed by atoms with Crippen molar-refractivity contribution in [1.82, 2.24) is 4.98 Å². The lowest BCUT2D eigenvalue weighted by atomic mass is 10.2. The molecule has 1 aliphatic heterocycles. The molecule has 9 heteroatoms. The number of amides is 2. The molecule has 6 nitrogen and oxygen atoms in total. The molecular weight excluding hydrogens is 315 g/mol. The highest BCUT2D eigenvalue weighted by Gasteiger charge is 2.21. The van der Waals surface area contributed by atoms with Crippen LogP contribution in [0, 0.1) is 17.5 Å². The standard InChI is InChI=1S/C14H8F3N3O3/c15-7-2-1-6(11(16)12(7)17)14(22)19-9-4-3-8-13(18-9)20-10(21)5-23-8/h1-4H,5H2,(H2,18,19,20,21,22). The zero-order valence-corrected chi connectivity index (χ0v) is 11.3. The third kappa shape index (κ3) is 2.80. The monoisotopic (exact) mass is 323 g/mol. The van der Waals surface area contributed by atoms with Crippen molar-refractivity contribution in [2.45, 2.75) is 0 Å². The number of carbonyl (C=O) groups is 2. The molecule has 118 valence electrons. The van der Waals surface area contributed by atoms with Crippen LogP contribution >= 0.6 is 0 Å². The molecule has 2 heterocycles. The number of pyridine rings is 1. The molecule has 0 radical (unpaired) electrons. The van der Waals surface area contributed by atoms with E-state index in [0.717, 1.165) is 6.07 Å². The van der Waals surface area contributed by atoms with E-state index in [1.165, 1.54) is 12.1 Å². The predicted molar refractivity (Wildman–Crippen MR) is 72.6 cm³/mol. The Kier molecular flexibility index (Phi) is 3.61. The van der Waals surface area contributed by atoms with Crippen molar-refractivity contribution >= 4 is 23.5 Å². The zero-order chi connectivity index (χ0) is 16.6. The smallest absolute Gasteiger partial charge is 0.263 e. The average molecular weight is 323 g/mol. The van der Waals surface area contributed by atoms with Crippen LogP contribution in [0.2, 0.25) is 0 Å². The molecule has 2 aromatic rings. The van der Waals surface area contributed by atoms with Gasteiger partial charge in [0.25, 0.3) is 11.8 Å². The lowest BCUT2D eigenvalue weighted by Gasteiger charge is -2.17. The molecule has 2 amide bonds. The quantitative estimate of drug-likeness (QED) is 0.829. The fraction of sp³-hybridized carbons (Fsp3) is 0.0714. The zero-order valence-electron chi connectivity index (χ0n) is 11.3. The molecule has 0 aliphatic carbocycles. The summed E-state index contributed by atoms with van der Waals surface area (Å²) in [5.41, 5.74) is -0.677. The Bertz CT molecular complexity index is 826. The Labute approximate surface area is 127 Å². The van der Waals surface area contributed by atoms with Gasteiger partial charge in [-0.3, -0.25) is 9.59 Å². The van der Waals surface area contributed by atoms with Crippen molar-refractivity contribution in [3.8, 4) is 5.75 Å². The largest absolute Gasteiger partial charge is 0.480 e. The molecule has 0 bridgehead atoms. The molecule has 3 rings (SSSR count). The molecule has 0 spiro atoms. The summed E-state index contributed by atoms with van der Waals surface area (Å²) in [7, 11) is 0. The van der Waals surface area contributed by atoms with Gasteiger partial charge in [0.1, 0.15) is 5.82 Å². The first kappa shape index (κ1) is 14.8. The number of hydrogen-bond donors (Lipinski definition) is 2. The lowest BCUT2D eigenvalue weighted by molar-refractivity contribution is -0.118. The number of aromatic nitrogens is 1. The summed E-state index contributed by atoms with van der Waals surface area (Å²) < 4.78 is 44.7. The molecule has 0 atom stereocenters. The van der Waals surface area contributed by atoms with Gasteiger partial charge >= 0.3 is 0 Å². The number of anilines is 2. The summed E-state index contributed by atoms with van der Waals surface area (Å²) in [6, 6.07) is 4.25. The van der Waals surface area contributed by atoms with E-state index in [4.69, 9.17) is 4.74 Å². The molecule has 0 unspecified atom stereocenters. The summed E-state index contributed by atoms with van der Waals surface area (Å²) in [5, 5.41) is 4.66. The van der Waals surface area contributed by atoms with Gasteiger partial charge in [-0.2, -0.15) is 0 Å². The second kappa shape index (κ2) is 5.59. The van der Waals surface area contributed by atoms with Crippen LogP contribution in [0.25, 0.3) is 0 Å². The van der Waals surface area contributed by atoms with Gasteiger partial charge in [0.2, 0.25) is 0 Å². The van der Waals surface area contributed by atoms with E-state index in [9.17, 15) is 22.8 Å². The van der Waals surface area contributed by atoms with E-state index in [-0.39, 0.29) is 18.2 Å². The molecule has 0 saturated heterocycles. The fourth-order valence-corrected chi connectivity index (χ4v) is 1.92. The summed E-state index contributed by atoms with van der Waals surface area (Å²) in [6.45, 7) is -0.152. The number of carbonyl (C=O) groups excluding carboxylic acids is 2. The second-order valence-electron chi connectivity index (χ2n) is 4.56. The first-order valence-electron chi connectivity index (χ1n) is 6.34. The number of nitrogens with one attached hydrogen (secondary N) is 2. The van der Waals surface area contributed by atoms with Crippen molar-refractivity contribution in [1.29, 1.82) is 0 Å². The Morgan fingerprint density at radius 3 is 2.74 bits per heavy atom. The van der Waals surface area contributed by atoms with E-state index >= 15 is 0 Å². The van der Waals surface area contributed by atoms with Crippen molar-refractivity contribution in [3.05, 3.63) is 47.3 Å². The second-order valence-corrected chi connectivity index (χ2v) is 4.56. The molecule has 0 saturated carbocycles. The minimum absolute atomic E-state index is 0.0244. The normalized spacial score (nSPS) is 12.9. The number of hydrogen-bond acceptors (Lipinski definition) is 4. The van der Waals surface area contributed by atoms with E-state index in [2.05, 4.69) is 15.6 Å². The van der Waals surface area contributed by atoms with Crippen molar-refractivity contribution in [2.24, 2.45) is 0 Å². The third-order valence-electron chi connectivity index (χ3n) is 3.00. The van der Waals surface area contributed by atoms with Crippen LogP contribution < -0.4 is 15.4 Å². The van der Waals surface area contributed by atoms with E-state index in [1.807, 2.05) is 0 Å². The van der Waals surface area contributed by atoms with Crippen LogP contribution in [0.5, 0.6) is 5.75 Å². The van der Waals surface area contributed by atoms with E-state index in [0.29, 0.717) is 11.8 Å². The van der Waals surface area contributed by atoms with Crippen LogP contribution in [0.4, 0.5) is 24.8 Å². The van der Waals surface area contributed by atoms with Gasteiger partial charge in [-0.15, -0.1) is 0 Å². The minimum atomic E-state index is -1.74. The summed E-state index contributed by atoms with van der Waals surface area (Å²) in [4.78, 5) is 27.1. The Morgan fingerprint density at radius 1 is 1.17 bits per heavy atom. The van der Waals surface area contributed by atoms with Gasteiger partial charge in [0.05, 0.1) is 5.56 Å². The SMILES string of the molecule is O=C1COc2ccc(NC(=O)c3ccc(F)c(F)c3F)nc2N1. The summed E-state index contributed by atoms with van der Waals surface area (Å²) in [5.74, 6) is -5.80. The van der Waals surface area contributed by atoms with Gasteiger partial charge < -0.3 is 15.4 Å². The third-order valence-corrected chi connectivity index (χ3v) is 3.00. The Balaban J connectivity index is 1.85. The lowest BCUT2D eigenvalue weighted by Crippen LogP contribution is -2.26. The highest BCUT2D eigenvalue weighted by molar-refractivity contribution is 6.04. The molecule has 1 aliphatic rings. The molecule has 1 aromatic carbocycles. The molecule has 2 N–H and O–H groups in total. The van der Waals surface area contributed by atoms with Gasteiger partial charge in [0, 0.05) is 0 Å². The van der Waals surface area contributed by atoms with Crippen LogP contribution in [-0.4, -0.2) is 23.4 Å². The van der Waals surface area contributed by atoms with Crippen LogP contribution in [-0.2, 0) is 4.79 Å². The highest BCUT2D eigenvalue weighted by atomic mass is 19.2. The van der Waals surface area contributed by atoms with E-state index in [1.54, 1.807) is 0 Å². The number of rotatable bonds is 2. The Hall–Kier alpha value is -3.10. The number of ether oxygens (including phenoxy) is 1. The number of halogens is 3. The molecular formula is C14H8F3N3O3. The topological polar surface area (TPSA) is 80.3 Å². The van der Waals surface area contributed by atoms with Gasteiger partial charge in [-0.25, -0.2) is 18.2 Å². The maximum absolute atomic E-state index is 13.6. The van der Waals surface area contributed by atoms with Gasteiger partial charge in [-0.1, -0.05) is 0 Å². The van der Waals surface area contributed by atoms with Crippen LogP contribution in [0.15, 0.2) is 24.3 Å². The predicted octanol–water partition coefficient (Wildman–Crippen LogP) is 2.08. The molecule has 23 heavy (non-hydrogen) atoms. The summed E-state index contributed by atoms with van der Waals surface area (Å²) in [6.07, 6.45) is 0. The van der Waals surface area contributed by atoms with Crippen molar-refractivity contribution in [3.63, 3.8) is 0 Å². The molecule has 1 aromatic heterocycles. The molecule has 0 fully saturated rings. The summed E-state index contributed by atoms with van der Waals surface area (Å²) >= 11 is 0. The fourth-order valence-electron chi connectivity index (χ4n) is 1.92.